The molecular formula is C18H16N2O. The predicted octanol–water partition coefficient (Wildman–Crippen LogP) is 3.92. The van der Waals surface area contributed by atoms with Crippen molar-refractivity contribution in [1.82, 2.24) is 4.98 Å². The van der Waals surface area contributed by atoms with E-state index in [0.717, 1.165) is 22.2 Å². The van der Waals surface area contributed by atoms with Gasteiger partial charge in [-0.2, -0.15) is 0 Å². The van der Waals surface area contributed by atoms with Crippen LogP contribution in [0.1, 0.15) is 16.8 Å². The van der Waals surface area contributed by atoms with Gasteiger partial charge in [-0.15, -0.1) is 0 Å². The second kappa shape index (κ2) is 6.18. The van der Waals surface area contributed by atoms with Crippen molar-refractivity contribution >= 4 is 22.4 Å². The maximum absolute atomic E-state index is 12.0. The van der Waals surface area contributed by atoms with Crippen molar-refractivity contribution in [3.05, 3.63) is 72.4 Å². The van der Waals surface area contributed by atoms with Crippen molar-refractivity contribution in [2.45, 2.75) is 6.42 Å². The van der Waals surface area contributed by atoms with Crippen LogP contribution in [0, 0.1) is 0 Å². The molecule has 0 spiro atoms. The molecule has 0 saturated carbocycles. The van der Waals surface area contributed by atoms with Gasteiger partial charge in [-0.25, -0.2) is 0 Å². The SMILES string of the molecule is O=C(CCNc1cccc2cccnc12)c1ccccc1. The molecule has 0 amide bonds. The van der Waals surface area contributed by atoms with Gasteiger partial charge in [0.2, 0.25) is 0 Å². The summed E-state index contributed by atoms with van der Waals surface area (Å²) < 4.78 is 0. The molecule has 104 valence electrons. The summed E-state index contributed by atoms with van der Waals surface area (Å²) in [5.74, 6) is 0.149. The number of fused-ring (bicyclic) bond motifs is 1. The standard InChI is InChI=1S/C18H16N2O/c21-17(14-6-2-1-3-7-14)11-13-19-16-10-4-8-15-9-5-12-20-18(15)16/h1-10,12,19H,11,13H2. The van der Waals surface area contributed by atoms with Crippen LogP contribution in [-0.2, 0) is 0 Å². The number of aromatic nitrogens is 1. The Morgan fingerprint density at radius 3 is 2.62 bits per heavy atom. The molecule has 1 heterocycles. The van der Waals surface area contributed by atoms with Crippen LogP contribution in [0.15, 0.2) is 66.9 Å². The molecule has 0 aliphatic carbocycles. The first-order chi connectivity index (χ1) is 10.3. The molecular weight excluding hydrogens is 260 g/mol. The van der Waals surface area contributed by atoms with Crippen molar-refractivity contribution in [2.75, 3.05) is 11.9 Å². The maximum Gasteiger partial charge on any atom is 0.164 e. The second-order valence-electron chi connectivity index (χ2n) is 4.85. The Bertz CT molecular complexity index is 748. The Labute approximate surface area is 123 Å². The molecule has 1 N–H and O–H groups in total. The minimum atomic E-state index is 0.149. The normalized spacial score (nSPS) is 10.5. The number of anilines is 1. The third-order valence-electron chi connectivity index (χ3n) is 3.40. The van der Waals surface area contributed by atoms with Gasteiger partial charge in [0.25, 0.3) is 0 Å². The highest BCUT2D eigenvalue weighted by Gasteiger charge is 2.05. The van der Waals surface area contributed by atoms with E-state index in [9.17, 15) is 4.79 Å². The van der Waals surface area contributed by atoms with Crippen LogP contribution < -0.4 is 5.32 Å². The third kappa shape index (κ3) is 3.08. The molecule has 0 aliphatic heterocycles. The number of carbonyl (C=O) groups is 1. The molecule has 0 atom stereocenters. The van der Waals surface area contributed by atoms with Gasteiger partial charge in [0.1, 0.15) is 0 Å². The Morgan fingerprint density at radius 2 is 1.76 bits per heavy atom. The van der Waals surface area contributed by atoms with Crippen molar-refractivity contribution < 1.29 is 4.79 Å². The van der Waals surface area contributed by atoms with E-state index in [0.29, 0.717) is 13.0 Å². The maximum atomic E-state index is 12.0. The van der Waals surface area contributed by atoms with Gasteiger partial charge in [-0.3, -0.25) is 9.78 Å². The van der Waals surface area contributed by atoms with Crippen LogP contribution >= 0.6 is 0 Å². The van der Waals surface area contributed by atoms with Crippen molar-refractivity contribution in [1.29, 1.82) is 0 Å². The fourth-order valence-electron chi connectivity index (χ4n) is 2.33. The average Bonchev–Trinajstić information content (AvgIpc) is 2.56. The lowest BCUT2D eigenvalue weighted by atomic mass is 10.1. The topological polar surface area (TPSA) is 42.0 Å². The largest absolute Gasteiger partial charge is 0.383 e. The molecule has 0 fully saturated rings. The predicted molar refractivity (Wildman–Crippen MR) is 85.6 cm³/mol. The van der Waals surface area contributed by atoms with Crippen LogP contribution in [0.25, 0.3) is 10.9 Å². The summed E-state index contributed by atoms with van der Waals surface area (Å²) in [4.78, 5) is 16.4. The van der Waals surface area contributed by atoms with E-state index in [2.05, 4.69) is 10.3 Å². The lowest BCUT2D eigenvalue weighted by Gasteiger charge is -2.08. The van der Waals surface area contributed by atoms with E-state index in [1.807, 2.05) is 60.7 Å². The molecule has 0 radical (unpaired) electrons. The number of Topliss-reactive ketones (excluding diaryl/α,β-unsaturated/α-hetero) is 1. The zero-order valence-electron chi connectivity index (χ0n) is 11.6. The number of nitrogens with one attached hydrogen (secondary N) is 1. The van der Waals surface area contributed by atoms with Crippen LogP contribution in [0.3, 0.4) is 0 Å². The Hall–Kier alpha value is -2.68. The van der Waals surface area contributed by atoms with Gasteiger partial charge in [0.15, 0.2) is 5.78 Å². The molecule has 1 aromatic heterocycles. The van der Waals surface area contributed by atoms with Crippen LogP contribution in [0.5, 0.6) is 0 Å². The zero-order valence-corrected chi connectivity index (χ0v) is 11.6. The average molecular weight is 276 g/mol. The summed E-state index contributed by atoms with van der Waals surface area (Å²) in [6.07, 6.45) is 2.25. The summed E-state index contributed by atoms with van der Waals surface area (Å²) in [5, 5.41) is 4.40. The molecule has 3 aromatic rings. The van der Waals surface area contributed by atoms with Gasteiger partial charge in [0, 0.05) is 30.1 Å². The fourth-order valence-corrected chi connectivity index (χ4v) is 2.33. The summed E-state index contributed by atoms with van der Waals surface area (Å²) in [6, 6.07) is 19.3. The summed E-state index contributed by atoms with van der Waals surface area (Å²) in [6.45, 7) is 0.601. The number of pyridine rings is 1. The van der Waals surface area contributed by atoms with E-state index in [-0.39, 0.29) is 5.78 Å². The van der Waals surface area contributed by atoms with Crippen LogP contribution in [0.2, 0.25) is 0 Å². The van der Waals surface area contributed by atoms with Crippen LogP contribution in [-0.4, -0.2) is 17.3 Å². The first-order valence-corrected chi connectivity index (χ1v) is 7.00. The molecule has 21 heavy (non-hydrogen) atoms. The number of ketones is 1. The Balaban J connectivity index is 1.66. The highest BCUT2D eigenvalue weighted by molar-refractivity contribution is 5.96. The smallest absolute Gasteiger partial charge is 0.164 e. The van der Waals surface area contributed by atoms with E-state index in [1.54, 1.807) is 6.20 Å². The molecule has 0 bridgehead atoms. The molecule has 0 saturated heterocycles. The number of hydrogen-bond donors (Lipinski definition) is 1. The Kier molecular flexibility index (Phi) is 3.92. The third-order valence-corrected chi connectivity index (χ3v) is 3.40. The quantitative estimate of drug-likeness (QED) is 0.718. The van der Waals surface area contributed by atoms with E-state index in [4.69, 9.17) is 0 Å². The minimum absolute atomic E-state index is 0.149. The van der Waals surface area contributed by atoms with E-state index >= 15 is 0 Å². The fraction of sp³-hybridized carbons (Fsp3) is 0.111. The highest BCUT2D eigenvalue weighted by atomic mass is 16.1. The van der Waals surface area contributed by atoms with Gasteiger partial charge < -0.3 is 5.32 Å². The molecule has 0 aliphatic rings. The van der Waals surface area contributed by atoms with Gasteiger partial charge in [-0.05, 0) is 12.1 Å². The second-order valence-corrected chi connectivity index (χ2v) is 4.85. The molecule has 2 aromatic carbocycles. The monoisotopic (exact) mass is 276 g/mol. The molecule has 3 rings (SSSR count). The molecule has 3 heteroatoms. The summed E-state index contributed by atoms with van der Waals surface area (Å²) >= 11 is 0. The number of rotatable bonds is 5. The zero-order chi connectivity index (χ0) is 14.5. The number of hydrogen-bond acceptors (Lipinski definition) is 3. The number of benzene rings is 2. The van der Waals surface area contributed by atoms with Gasteiger partial charge in [-0.1, -0.05) is 48.5 Å². The molecule has 0 unspecified atom stereocenters. The van der Waals surface area contributed by atoms with Crippen LogP contribution in [0.4, 0.5) is 5.69 Å². The van der Waals surface area contributed by atoms with E-state index < -0.39 is 0 Å². The van der Waals surface area contributed by atoms with Gasteiger partial charge >= 0.3 is 0 Å². The van der Waals surface area contributed by atoms with E-state index in [1.165, 1.54) is 0 Å². The van der Waals surface area contributed by atoms with Crippen molar-refractivity contribution in [2.24, 2.45) is 0 Å². The number of nitrogens with zero attached hydrogens (tertiary/aromatic N) is 1. The lowest BCUT2D eigenvalue weighted by Crippen LogP contribution is -2.09. The van der Waals surface area contributed by atoms with Gasteiger partial charge in [0.05, 0.1) is 11.2 Å². The lowest BCUT2D eigenvalue weighted by molar-refractivity contribution is 0.0986. The Morgan fingerprint density at radius 1 is 0.952 bits per heavy atom. The number of carbonyl (C=O) groups excluding carboxylic acids is 1. The summed E-state index contributed by atoms with van der Waals surface area (Å²) in [7, 11) is 0. The van der Waals surface area contributed by atoms with Crippen molar-refractivity contribution in [3.8, 4) is 0 Å². The van der Waals surface area contributed by atoms with Crippen molar-refractivity contribution in [3.63, 3.8) is 0 Å². The highest BCUT2D eigenvalue weighted by Crippen LogP contribution is 2.20. The first-order valence-electron chi connectivity index (χ1n) is 7.00. The minimum Gasteiger partial charge on any atom is -0.383 e. The first kappa shape index (κ1) is 13.3. The number of para-hydroxylation sites is 1. The molecule has 3 nitrogen and oxygen atoms in total. The summed E-state index contributed by atoms with van der Waals surface area (Å²) in [5.41, 5.74) is 2.66.